The van der Waals surface area contributed by atoms with Crippen molar-refractivity contribution in [1.82, 2.24) is 9.97 Å². The number of aromatic amines is 1. The van der Waals surface area contributed by atoms with Crippen molar-refractivity contribution < 1.29 is 4.74 Å². The molecule has 4 aromatic rings. The van der Waals surface area contributed by atoms with Crippen molar-refractivity contribution in [3.63, 3.8) is 0 Å². The number of hydrogen-bond acceptors (Lipinski definition) is 2. The number of nitrogens with one attached hydrogen (secondary N) is 1. The molecule has 0 saturated carbocycles. The Morgan fingerprint density at radius 2 is 1.36 bits per heavy atom. The van der Waals surface area contributed by atoms with Gasteiger partial charge in [-0.1, -0.05) is 47.5 Å². The van der Waals surface area contributed by atoms with Crippen LogP contribution < -0.4 is 4.74 Å². The van der Waals surface area contributed by atoms with Crippen LogP contribution in [-0.4, -0.2) is 9.97 Å². The number of aromatic nitrogens is 2. The Bertz CT molecular complexity index is 1070. The largest absolute Gasteiger partial charge is 0.489 e. The molecule has 0 aliphatic heterocycles. The standard InChI is InChI=1S/C23H18Cl2N2O/c1-15-22(17-4-10-20(25)11-5-17)27-23(26-15)18-6-12-21(13-7-18)28-14-16-2-8-19(24)9-3-16/h2-13H,14H2,1H3,(H,26,27). The highest BCUT2D eigenvalue weighted by Crippen LogP contribution is 2.27. The van der Waals surface area contributed by atoms with E-state index in [9.17, 15) is 0 Å². The van der Waals surface area contributed by atoms with E-state index in [1.54, 1.807) is 0 Å². The van der Waals surface area contributed by atoms with E-state index < -0.39 is 0 Å². The zero-order valence-corrected chi connectivity index (χ0v) is 16.8. The molecule has 5 heteroatoms. The predicted octanol–water partition coefficient (Wildman–Crippen LogP) is 6.94. The number of hydrogen-bond donors (Lipinski definition) is 1. The van der Waals surface area contributed by atoms with Crippen molar-refractivity contribution in [3.05, 3.63) is 94.1 Å². The lowest BCUT2D eigenvalue weighted by atomic mass is 10.1. The van der Waals surface area contributed by atoms with Crippen LogP contribution in [-0.2, 0) is 6.61 Å². The third-order valence-corrected chi connectivity index (χ3v) is 4.97. The summed E-state index contributed by atoms with van der Waals surface area (Å²) in [6, 6.07) is 23.3. The van der Waals surface area contributed by atoms with Crippen molar-refractivity contribution in [2.75, 3.05) is 0 Å². The minimum Gasteiger partial charge on any atom is -0.489 e. The average molecular weight is 409 g/mol. The summed E-state index contributed by atoms with van der Waals surface area (Å²) in [6.07, 6.45) is 0. The molecule has 0 aliphatic rings. The first-order valence-electron chi connectivity index (χ1n) is 8.89. The van der Waals surface area contributed by atoms with Crippen LogP contribution in [0.4, 0.5) is 0 Å². The van der Waals surface area contributed by atoms with Gasteiger partial charge in [0.25, 0.3) is 0 Å². The number of nitrogens with zero attached hydrogens (tertiary/aromatic N) is 1. The van der Waals surface area contributed by atoms with Gasteiger partial charge in [-0.2, -0.15) is 0 Å². The molecule has 0 unspecified atom stereocenters. The Kier molecular flexibility index (Phi) is 5.38. The zero-order chi connectivity index (χ0) is 19.5. The van der Waals surface area contributed by atoms with Crippen molar-refractivity contribution in [2.24, 2.45) is 0 Å². The van der Waals surface area contributed by atoms with E-state index >= 15 is 0 Å². The minimum absolute atomic E-state index is 0.497. The molecule has 0 aliphatic carbocycles. The number of halogens is 2. The lowest BCUT2D eigenvalue weighted by Gasteiger charge is -2.07. The van der Waals surface area contributed by atoms with Gasteiger partial charge in [-0.3, -0.25) is 0 Å². The number of ether oxygens (including phenoxy) is 1. The van der Waals surface area contributed by atoms with Gasteiger partial charge in [0.15, 0.2) is 0 Å². The Hall–Kier alpha value is -2.75. The summed E-state index contributed by atoms with van der Waals surface area (Å²) >= 11 is 11.9. The molecular weight excluding hydrogens is 391 g/mol. The normalized spacial score (nSPS) is 10.8. The van der Waals surface area contributed by atoms with Crippen LogP contribution in [0.5, 0.6) is 5.75 Å². The second kappa shape index (κ2) is 8.09. The van der Waals surface area contributed by atoms with Gasteiger partial charge in [0, 0.05) is 15.6 Å². The second-order valence-corrected chi connectivity index (χ2v) is 7.37. The number of H-pyrrole nitrogens is 1. The predicted molar refractivity (Wildman–Crippen MR) is 115 cm³/mol. The molecule has 0 bridgehead atoms. The Morgan fingerprint density at radius 1 is 0.786 bits per heavy atom. The van der Waals surface area contributed by atoms with Crippen molar-refractivity contribution in [1.29, 1.82) is 0 Å². The van der Waals surface area contributed by atoms with Gasteiger partial charge in [-0.25, -0.2) is 4.98 Å². The molecule has 0 saturated heterocycles. The maximum atomic E-state index is 5.98. The first kappa shape index (κ1) is 18.6. The Morgan fingerprint density at radius 3 is 2.00 bits per heavy atom. The second-order valence-electron chi connectivity index (χ2n) is 6.49. The lowest BCUT2D eigenvalue weighted by Crippen LogP contribution is -1.95. The van der Waals surface area contributed by atoms with E-state index in [0.717, 1.165) is 49.7 Å². The Balaban J connectivity index is 1.48. The minimum atomic E-state index is 0.497. The topological polar surface area (TPSA) is 37.9 Å². The van der Waals surface area contributed by atoms with Gasteiger partial charge in [0.05, 0.1) is 11.4 Å². The molecule has 0 spiro atoms. The Labute approximate surface area is 173 Å². The van der Waals surface area contributed by atoms with E-state index in [4.69, 9.17) is 27.9 Å². The van der Waals surface area contributed by atoms with Crippen LogP contribution in [0.15, 0.2) is 72.8 Å². The highest BCUT2D eigenvalue weighted by molar-refractivity contribution is 6.30. The SMILES string of the molecule is Cc1nc(-c2ccc(OCc3ccc(Cl)cc3)cc2)[nH]c1-c1ccc(Cl)cc1. The average Bonchev–Trinajstić information content (AvgIpc) is 3.10. The van der Waals surface area contributed by atoms with Crippen LogP contribution in [0.25, 0.3) is 22.6 Å². The van der Waals surface area contributed by atoms with E-state index in [1.165, 1.54) is 0 Å². The fraction of sp³-hybridized carbons (Fsp3) is 0.0870. The summed E-state index contributed by atoms with van der Waals surface area (Å²) in [6.45, 7) is 2.49. The third kappa shape index (κ3) is 4.22. The first-order valence-corrected chi connectivity index (χ1v) is 9.64. The maximum Gasteiger partial charge on any atom is 0.138 e. The van der Waals surface area contributed by atoms with Crippen molar-refractivity contribution >= 4 is 23.2 Å². The molecule has 140 valence electrons. The quantitative estimate of drug-likeness (QED) is 0.388. The summed E-state index contributed by atoms with van der Waals surface area (Å²) in [4.78, 5) is 8.08. The van der Waals surface area contributed by atoms with E-state index in [1.807, 2.05) is 79.7 Å². The molecule has 0 amide bonds. The molecule has 3 nitrogen and oxygen atoms in total. The summed E-state index contributed by atoms with van der Waals surface area (Å²) in [5.74, 6) is 1.63. The molecule has 0 atom stereocenters. The first-order chi connectivity index (χ1) is 13.6. The fourth-order valence-corrected chi connectivity index (χ4v) is 3.20. The van der Waals surface area contributed by atoms with Gasteiger partial charge in [0.1, 0.15) is 18.2 Å². The summed E-state index contributed by atoms with van der Waals surface area (Å²) in [5, 5.41) is 1.44. The van der Waals surface area contributed by atoms with Crippen molar-refractivity contribution in [3.8, 4) is 28.4 Å². The monoisotopic (exact) mass is 408 g/mol. The smallest absolute Gasteiger partial charge is 0.138 e. The van der Waals surface area contributed by atoms with Gasteiger partial charge in [0.2, 0.25) is 0 Å². The van der Waals surface area contributed by atoms with Crippen LogP contribution in [0.2, 0.25) is 10.0 Å². The third-order valence-electron chi connectivity index (χ3n) is 4.46. The molecule has 4 rings (SSSR count). The van der Waals surface area contributed by atoms with Crippen LogP contribution in [0.1, 0.15) is 11.3 Å². The van der Waals surface area contributed by atoms with E-state index in [0.29, 0.717) is 6.61 Å². The van der Waals surface area contributed by atoms with E-state index in [-0.39, 0.29) is 0 Å². The molecule has 1 heterocycles. The van der Waals surface area contributed by atoms with Crippen molar-refractivity contribution in [2.45, 2.75) is 13.5 Å². The molecule has 1 aromatic heterocycles. The summed E-state index contributed by atoms with van der Waals surface area (Å²) < 4.78 is 5.85. The highest BCUT2D eigenvalue weighted by Gasteiger charge is 2.10. The van der Waals surface area contributed by atoms with Gasteiger partial charge >= 0.3 is 0 Å². The van der Waals surface area contributed by atoms with Crippen LogP contribution in [0, 0.1) is 6.92 Å². The van der Waals surface area contributed by atoms with Gasteiger partial charge in [-0.05, 0) is 66.6 Å². The number of aryl methyl sites for hydroxylation is 1. The zero-order valence-electron chi connectivity index (χ0n) is 15.2. The molecule has 28 heavy (non-hydrogen) atoms. The van der Waals surface area contributed by atoms with Crippen LogP contribution in [0.3, 0.4) is 0 Å². The molecule has 1 N–H and O–H groups in total. The van der Waals surface area contributed by atoms with Gasteiger partial charge < -0.3 is 9.72 Å². The molecular formula is C23H18Cl2N2O. The summed E-state index contributed by atoms with van der Waals surface area (Å²) in [7, 11) is 0. The van der Waals surface area contributed by atoms with E-state index in [2.05, 4.69) is 9.97 Å². The summed E-state index contributed by atoms with van der Waals surface area (Å²) in [5.41, 5.74) is 5.07. The lowest BCUT2D eigenvalue weighted by molar-refractivity contribution is 0.306. The fourth-order valence-electron chi connectivity index (χ4n) is 2.95. The number of benzene rings is 3. The highest BCUT2D eigenvalue weighted by atomic mass is 35.5. The van der Waals surface area contributed by atoms with Crippen LogP contribution >= 0.6 is 23.2 Å². The number of rotatable bonds is 5. The van der Waals surface area contributed by atoms with Gasteiger partial charge in [-0.15, -0.1) is 0 Å². The maximum absolute atomic E-state index is 5.98. The molecule has 0 fully saturated rings. The molecule has 0 radical (unpaired) electrons. The number of imidazole rings is 1. The molecule has 3 aromatic carbocycles.